The standard InChI is InChI=1S/C22H20N4O2/c1-25-19-8-4-5-9-20(19)26(22(25)28)14-15-10-12-16(13-11-15)21(27)24-18-7-3-2-6-17(18)23/h2-13H,14,23H2,1H3,(H,24,27). The van der Waals surface area contributed by atoms with Gasteiger partial charge in [0.15, 0.2) is 0 Å². The van der Waals surface area contributed by atoms with Gasteiger partial charge in [0.25, 0.3) is 5.91 Å². The summed E-state index contributed by atoms with van der Waals surface area (Å²) in [4.78, 5) is 25.0. The summed E-state index contributed by atoms with van der Waals surface area (Å²) in [5.74, 6) is -0.230. The summed E-state index contributed by atoms with van der Waals surface area (Å²) < 4.78 is 3.37. The number of imidazole rings is 1. The summed E-state index contributed by atoms with van der Waals surface area (Å²) in [6, 6.07) is 22.0. The second kappa shape index (κ2) is 7.08. The molecule has 0 radical (unpaired) electrons. The van der Waals surface area contributed by atoms with E-state index in [1.54, 1.807) is 40.4 Å². The number of benzene rings is 3. The zero-order valence-corrected chi connectivity index (χ0v) is 15.4. The molecule has 6 heteroatoms. The van der Waals surface area contributed by atoms with E-state index >= 15 is 0 Å². The number of fused-ring (bicyclic) bond motifs is 1. The maximum Gasteiger partial charge on any atom is 0.329 e. The molecule has 1 aromatic heterocycles. The molecule has 0 aliphatic rings. The Bertz CT molecular complexity index is 1220. The van der Waals surface area contributed by atoms with Crippen molar-refractivity contribution in [3.8, 4) is 0 Å². The monoisotopic (exact) mass is 372 g/mol. The van der Waals surface area contributed by atoms with Crippen molar-refractivity contribution in [3.05, 3.63) is 94.4 Å². The predicted octanol–water partition coefficient (Wildman–Crippen LogP) is 3.22. The fraction of sp³-hybridized carbons (Fsp3) is 0.0909. The van der Waals surface area contributed by atoms with Crippen molar-refractivity contribution < 1.29 is 4.79 Å². The minimum absolute atomic E-state index is 0.0671. The highest BCUT2D eigenvalue weighted by Gasteiger charge is 2.11. The molecule has 4 rings (SSSR count). The average Bonchev–Trinajstić information content (AvgIpc) is 2.95. The molecule has 6 nitrogen and oxygen atoms in total. The van der Waals surface area contributed by atoms with Crippen LogP contribution in [0.25, 0.3) is 11.0 Å². The Morgan fingerprint density at radius 1 is 0.929 bits per heavy atom. The molecule has 1 amide bonds. The number of aromatic nitrogens is 2. The van der Waals surface area contributed by atoms with Crippen LogP contribution in [0.15, 0.2) is 77.6 Å². The number of nitrogens with two attached hydrogens (primary N) is 1. The van der Waals surface area contributed by atoms with Gasteiger partial charge in [0.05, 0.1) is 29.0 Å². The van der Waals surface area contributed by atoms with E-state index in [1.807, 2.05) is 48.5 Å². The number of hydrogen-bond acceptors (Lipinski definition) is 3. The Morgan fingerprint density at radius 3 is 2.29 bits per heavy atom. The fourth-order valence-corrected chi connectivity index (χ4v) is 3.27. The number of nitrogen functional groups attached to an aromatic ring is 1. The summed E-state index contributed by atoms with van der Waals surface area (Å²) in [6.07, 6.45) is 0. The molecule has 0 aliphatic heterocycles. The number of rotatable bonds is 4. The van der Waals surface area contributed by atoms with Crippen molar-refractivity contribution in [2.45, 2.75) is 6.54 Å². The highest BCUT2D eigenvalue weighted by molar-refractivity contribution is 6.05. The lowest BCUT2D eigenvalue weighted by Crippen LogP contribution is -2.22. The Labute approximate surface area is 161 Å². The van der Waals surface area contributed by atoms with Crippen molar-refractivity contribution in [3.63, 3.8) is 0 Å². The van der Waals surface area contributed by atoms with E-state index in [1.165, 1.54) is 0 Å². The molecule has 140 valence electrons. The third kappa shape index (κ3) is 3.16. The minimum atomic E-state index is -0.230. The molecule has 0 spiro atoms. The second-order valence-corrected chi connectivity index (χ2v) is 6.65. The molecule has 0 bridgehead atoms. The third-order valence-electron chi connectivity index (χ3n) is 4.82. The van der Waals surface area contributed by atoms with Gasteiger partial charge in [-0.3, -0.25) is 13.9 Å². The number of carbonyl (C=O) groups is 1. The van der Waals surface area contributed by atoms with Gasteiger partial charge in [-0.25, -0.2) is 4.79 Å². The first kappa shape index (κ1) is 17.6. The van der Waals surface area contributed by atoms with E-state index in [0.29, 0.717) is 23.5 Å². The molecule has 0 unspecified atom stereocenters. The van der Waals surface area contributed by atoms with Crippen LogP contribution >= 0.6 is 0 Å². The molecule has 3 aromatic carbocycles. The Kier molecular flexibility index (Phi) is 4.45. The quantitative estimate of drug-likeness (QED) is 0.540. The van der Waals surface area contributed by atoms with Gasteiger partial charge >= 0.3 is 5.69 Å². The van der Waals surface area contributed by atoms with Crippen molar-refractivity contribution >= 4 is 28.3 Å². The zero-order valence-electron chi connectivity index (χ0n) is 15.4. The van der Waals surface area contributed by atoms with Crippen molar-refractivity contribution in [2.24, 2.45) is 7.05 Å². The number of carbonyl (C=O) groups excluding carboxylic acids is 1. The van der Waals surface area contributed by atoms with E-state index < -0.39 is 0 Å². The highest BCUT2D eigenvalue weighted by Crippen LogP contribution is 2.18. The van der Waals surface area contributed by atoms with Crippen LogP contribution in [-0.4, -0.2) is 15.0 Å². The Morgan fingerprint density at radius 2 is 1.57 bits per heavy atom. The molecule has 0 fully saturated rings. The molecule has 0 saturated carbocycles. The molecular formula is C22H20N4O2. The molecule has 1 heterocycles. The van der Waals surface area contributed by atoms with Gasteiger partial charge in [-0.05, 0) is 42.0 Å². The normalized spacial score (nSPS) is 10.9. The average molecular weight is 372 g/mol. The lowest BCUT2D eigenvalue weighted by atomic mass is 10.1. The lowest BCUT2D eigenvalue weighted by molar-refractivity contribution is 0.102. The van der Waals surface area contributed by atoms with E-state index in [4.69, 9.17) is 5.73 Å². The predicted molar refractivity (Wildman–Crippen MR) is 112 cm³/mol. The SMILES string of the molecule is Cn1c(=O)n(Cc2ccc(C(=O)Nc3ccccc3N)cc2)c2ccccc21. The van der Waals surface area contributed by atoms with Crippen LogP contribution in [0.5, 0.6) is 0 Å². The number of amides is 1. The molecule has 4 aromatic rings. The molecular weight excluding hydrogens is 352 g/mol. The van der Waals surface area contributed by atoms with E-state index in [2.05, 4.69) is 5.32 Å². The maximum atomic E-state index is 12.6. The van der Waals surface area contributed by atoms with Gasteiger partial charge in [0.1, 0.15) is 0 Å². The van der Waals surface area contributed by atoms with Crippen LogP contribution in [-0.2, 0) is 13.6 Å². The summed E-state index contributed by atoms with van der Waals surface area (Å²) in [7, 11) is 1.77. The van der Waals surface area contributed by atoms with Crippen molar-refractivity contribution in [2.75, 3.05) is 11.1 Å². The lowest BCUT2D eigenvalue weighted by Gasteiger charge is -2.09. The first-order valence-electron chi connectivity index (χ1n) is 8.93. The zero-order chi connectivity index (χ0) is 19.7. The summed E-state index contributed by atoms with van der Waals surface area (Å²) >= 11 is 0. The van der Waals surface area contributed by atoms with Crippen LogP contribution in [0.3, 0.4) is 0 Å². The van der Waals surface area contributed by atoms with E-state index in [9.17, 15) is 9.59 Å². The number of hydrogen-bond donors (Lipinski definition) is 2. The van der Waals surface area contributed by atoms with Crippen LogP contribution in [0.4, 0.5) is 11.4 Å². The third-order valence-corrected chi connectivity index (χ3v) is 4.82. The number of anilines is 2. The van der Waals surface area contributed by atoms with Crippen molar-refractivity contribution in [1.82, 2.24) is 9.13 Å². The smallest absolute Gasteiger partial charge is 0.329 e. The first-order chi connectivity index (χ1) is 13.5. The largest absolute Gasteiger partial charge is 0.397 e. The van der Waals surface area contributed by atoms with E-state index in [0.717, 1.165) is 16.6 Å². The van der Waals surface area contributed by atoms with Crippen LogP contribution in [0.1, 0.15) is 15.9 Å². The Balaban J connectivity index is 1.56. The van der Waals surface area contributed by atoms with Crippen LogP contribution in [0.2, 0.25) is 0 Å². The van der Waals surface area contributed by atoms with E-state index in [-0.39, 0.29) is 11.6 Å². The minimum Gasteiger partial charge on any atom is -0.397 e. The highest BCUT2D eigenvalue weighted by atomic mass is 16.2. The molecule has 0 aliphatic carbocycles. The Hall–Kier alpha value is -3.80. The number of aryl methyl sites for hydroxylation is 1. The second-order valence-electron chi connectivity index (χ2n) is 6.65. The van der Waals surface area contributed by atoms with Gasteiger partial charge in [-0.15, -0.1) is 0 Å². The van der Waals surface area contributed by atoms with Gasteiger partial charge < -0.3 is 11.1 Å². The topological polar surface area (TPSA) is 82.0 Å². The van der Waals surface area contributed by atoms with Gasteiger partial charge in [0, 0.05) is 12.6 Å². The summed E-state index contributed by atoms with van der Waals surface area (Å²) in [5, 5.41) is 2.81. The number of nitrogens with zero attached hydrogens (tertiary/aromatic N) is 2. The fourth-order valence-electron chi connectivity index (χ4n) is 3.27. The number of para-hydroxylation sites is 4. The van der Waals surface area contributed by atoms with Gasteiger partial charge in [-0.2, -0.15) is 0 Å². The molecule has 0 atom stereocenters. The summed E-state index contributed by atoms with van der Waals surface area (Å²) in [6.45, 7) is 0.438. The molecule has 28 heavy (non-hydrogen) atoms. The maximum absolute atomic E-state index is 12.6. The number of nitrogens with one attached hydrogen (secondary N) is 1. The van der Waals surface area contributed by atoms with Crippen molar-refractivity contribution in [1.29, 1.82) is 0 Å². The molecule has 3 N–H and O–H groups in total. The summed E-state index contributed by atoms with van der Waals surface area (Å²) in [5.41, 5.74) is 10.1. The van der Waals surface area contributed by atoms with Gasteiger partial charge in [0.2, 0.25) is 0 Å². The molecule has 0 saturated heterocycles. The van der Waals surface area contributed by atoms with Gasteiger partial charge in [-0.1, -0.05) is 36.4 Å². The van der Waals surface area contributed by atoms with Crippen LogP contribution < -0.4 is 16.7 Å². The van der Waals surface area contributed by atoms with Crippen LogP contribution in [0, 0.1) is 0 Å². The first-order valence-corrected chi connectivity index (χ1v) is 8.93.